The Kier molecular flexibility index (Phi) is 66.3. The molecule has 5 unspecified atom stereocenters. The SMILES string of the molecule is CC/C=C\C/C=C\C/C=C\C/C=C\C/C=C\CC(=O)OCC(COP(=O)(O)OCC(O)COP(=O)(O)OCC(COC(=O)CCCCCCC/C=C\C/C=C\C/C=C\CC)OC(=O)CCCCCCCCCCCCCCC)OC(=O)C/C=C\C/C=C\C/C=C\C/C=C\C/C=C\CC. The quantitative estimate of drug-likeness (QED) is 0.0169. The zero-order valence-electron chi connectivity index (χ0n) is 60.4. The lowest BCUT2D eigenvalue weighted by Gasteiger charge is -2.21. The van der Waals surface area contributed by atoms with Gasteiger partial charge in [-0.2, -0.15) is 0 Å². The zero-order valence-corrected chi connectivity index (χ0v) is 62.2. The number of hydrogen-bond acceptors (Lipinski definition) is 15. The van der Waals surface area contributed by atoms with Crippen LogP contribution in [0.1, 0.15) is 259 Å². The number of unbranched alkanes of at least 4 members (excludes halogenated alkanes) is 17. The average molecular weight is 1410 g/mol. The van der Waals surface area contributed by atoms with Crippen LogP contribution < -0.4 is 0 Å². The van der Waals surface area contributed by atoms with Crippen LogP contribution in [0.4, 0.5) is 0 Å². The van der Waals surface area contributed by atoms with Crippen LogP contribution in [0.25, 0.3) is 0 Å². The van der Waals surface area contributed by atoms with E-state index in [1.807, 2.05) is 30.4 Å². The van der Waals surface area contributed by atoms with E-state index in [4.69, 9.17) is 37.0 Å². The standard InChI is InChI=1S/C79H128O17P2/c1-5-9-13-17-21-25-29-33-36-40-43-47-51-55-59-63-76(81)89-69-74(95-78(83)65-61-57-53-49-45-39-32-28-24-20-16-12-8-4)71-93-97(85,86)91-67-73(80)68-92-98(87,88)94-72-75(96-79(84)66-62-58-54-50-46-42-38-35-31-27-23-19-15-11-7-3)70-90-77(82)64-60-56-52-48-44-41-37-34-30-26-22-18-14-10-6-2/h9-11,13-15,21-23,25-27,33-38,44,46,48,50,56,58,60,62,73-75,80H,5-8,12,16-20,24,28-32,39-43,45,47,49,51-55,57,59,61,63-72H2,1-4H3,(H,85,86)(H,87,88)/b13-9-,14-10-,15-11-,25-21-,26-22-,27-23-,36-33-,37-34-,38-35-,48-44-,50-46-,60-56-,62-58-. The Morgan fingerprint density at radius 3 is 0.949 bits per heavy atom. The predicted molar refractivity (Wildman–Crippen MR) is 399 cm³/mol. The first-order chi connectivity index (χ1) is 47.7. The summed E-state index contributed by atoms with van der Waals surface area (Å²) >= 11 is 0. The van der Waals surface area contributed by atoms with Gasteiger partial charge < -0.3 is 33.8 Å². The van der Waals surface area contributed by atoms with E-state index in [-0.39, 0.29) is 25.7 Å². The highest BCUT2D eigenvalue weighted by Gasteiger charge is 2.30. The van der Waals surface area contributed by atoms with Crippen LogP contribution in [0, 0.1) is 0 Å². The average Bonchev–Trinajstić information content (AvgIpc) is 1.04. The minimum Gasteiger partial charge on any atom is -0.462 e. The Bertz CT molecular complexity index is 2480. The Morgan fingerprint density at radius 2 is 0.582 bits per heavy atom. The van der Waals surface area contributed by atoms with Gasteiger partial charge in [-0.3, -0.25) is 37.3 Å². The molecule has 0 aromatic heterocycles. The van der Waals surface area contributed by atoms with Crippen LogP contribution in [0.15, 0.2) is 158 Å². The molecule has 17 nitrogen and oxygen atoms in total. The molecule has 0 aliphatic carbocycles. The van der Waals surface area contributed by atoms with E-state index in [2.05, 4.69) is 137 Å². The number of esters is 4. The summed E-state index contributed by atoms with van der Waals surface area (Å²) in [5.74, 6) is -2.50. The van der Waals surface area contributed by atoms with Crippen LogP contribution in [0.2, 0.25) is 0 Å². The number of carbonyl (C=O) groups is 4. The summed E-state index contributed by atoms with van der Waals surface area (Å²) in [5.41, 5.74) is 0. The highest BCUT2D eigenvalue weighted by atomic mass is 31.2. The third-order valence-corrected chi connectivity index (χ3v) is 16.5. The number of aliphatic hydroxyl groups excluding tert-OH is 1. The molecule has 0 spiro atoms. The minimum absolute atomic E-state index is 0.0847. The Morgan fingerprint density at radius 1 is 0.306 bits per heavy atom. The second-order valence-electron chi connectivity index (χ2n) is 23.8. The van der Waals surface area contributed by atoms with E-state index in [0.717, 1.165) is 128 Å². The van der Waals surface area contributed by atoms with Crippen molar-refractivity contribution in [2.75, 3.05) is 39.6 Å². The maximum Gasteiger partial charge on any atom is 0.472 e. The third kappa shape index (κ3) is 69.2. The van der Waals surface area contributed by atoms with Gasteiger partial charge >= 0.3 is 39.5 Å². The molecule has 0 saturated heterocycles. The molecule has 0 aromatic carbocycles. The Labute approximate surface area is 591 Å². The van der Waals surface area contributed by atoms with Gasteiger partial charge in [0.1, 0.15) is 19.3 Å². The summed E-state index contributed by atoms with van der Waals surface area (Å²) in [5, 5.41) is 10.6. The van der Waals surface area contributed by atoms with Gasteiger partial charge in [-0.25, -0.2) is 9.13 Å². The van der Waals surface area contributed by atoms with Crippen molar-refractivity contribution in [2.45, 2.75) is 277 Å². The molecule has 0 aliphatic heterocycles. The fourth-order valence-corrected chi connectivity index (χ4v) is 10.7. The van der Waals surface area contributed by atoms with Crippen LogP contribution in [-0.4, -0.2) is 96.7 Å². The summed E-state index contributed by atoms with van der Waals surface area (Å²) in [4.78, 5) is 72.6. The molecular weight excluding hydrogens is 1280 g/mol. The number of hydrogen-bond donors (Lipinski definition) is 3. The first-order valence-electron chi connectivity index (χ1n) is 36.7. The Hall–Kier alpha value is -5.32. The second-order valence-corrected chi connectivity index (χ2v) is 26.7. The van der Waals surface area contributed by atoms with Gasteiger partial charge in [0.15, 0.2) is 12.2 Å². The third-order valence-electron chi connectivity index (χ3n) is 14.6. The fourth-order valence-electron chi connectivity index (χ4n) is 9.09. The molecule has 5 atom stereocenters. The van der Waals surface area contributed by atoms with Crippen molar-refractivity contribution >= 4 is 39.5 Å². The molecule has 0 saturated carbocycles. The number of ether oxygens (including phenoxy) is 4. The molecule has 0 heterocycles. The smallest absolute Gasteiger partial charge is 0.462 e. The van der Waals surface area contributed by atoms with Crippen molar-refractivity contribution in [2.24, 2.45) is 0 Å². The zero-order chi connectivity index (χ0) is 71.8. The lowest BCUT2D eigenvalue weighted by molar-refractivity contribution is -0.161. The number of allylic oxidation sites excluding steroid dienone is 24. The summed E-state index contributed by atoms with van der Waals surface area (Å²) in [7, 11) is -10.0. The van der Waals surface area contributed by atoms with Gasteiger partial charge in [0.05, 0.1) is 39.3 Å². The van der Waals surface area contributed by atoms with Crippen molar-refractivity contribution in [1.82, 2.24) is 0 Å². The van der Waals surface area contributed by atoms with E-state index < -0.39 is 97.5 Å². The van der Waals surface area contributed by atoms with Gasteiger partial charge in [0, 0.05) is 12.8 Å². The van der Waals surface area contributed by atoms with Gasteiger partial charge in [0.25, 0.3) is 0 Å². The fraction of sp³-hybridized carbons (Fsp3) is 0.620. The van der Waals surface area contributed by atoms with Gasteiger partial charge in [-0.05, 0) is 109 Å². The summed E-state index contributed by atoms with van der Waals surface area (Å²) in [6, 6.07) is 0. The van der Waals surface area contributed by atoms with Crippen molar-refractivity contribution in [1.29, 1.82) is 0 Å². The molecule has 0 rings (SSSR count). The summed E-state index contributed by atoms with van der Waals surface area (Å²) in [6.07, 6.45) is 80.2. The van der Waals surface area contributed by atoms with Crippen molar-refractivity contribution in [3.8, 4) is 0 Å². The molecule has 3 N–H and O–H groups in total. The van der Waals surface area contributed by atoms with Crippen LogP contribution in [-0.2, 0) is 65.4 Å². The number of rotatable bonds is 67. The number of phosphoric ester groups is 2. The van der Waals surface area contributed by atoms with Crippen molar-refractivity contribution in [3.05, 3.63) is 158 Å². The number of aliphatic hydroxyl groups is 1. The van der Waals surface area contributed by atoms with Gasteiger partial charge in [-0.1, -0.05) is 282 Å². The van der Waals surface area contributed by atoms with E-state index in [1.54, 1.807) is 18.2 Å². The lowest BCUT2D eigenvalue weighted by Crippen LogP contribution is -2.30. The molecule has 0 aliphatic rings. The summed E-state index contributed by atoms with van der Waals surface area (Å²) in [6.45, 7) is 4.25. The molecule has 0 amide bonds. The first kappa shape index (κ1) is 92.7. The summed E-state index contributed by atoms with van der Waals surface area (Å²) < 4.78 is 68.1. The van der Waals surface area contributed by atoms with Gasteiger partial charge in [0.2, 0.25) is 0 Å². The maximum absolute atomic E-state index is 13.1. The van der Waals surface area contributed by atoms with Crippen LogP contribution >= 0.6 is 15.6 Å². The molecule has 556 valence electrons. The number of carbonyl (C=O) groups excluding carboxylic acids is 4. The van der Waals surface area contributed by atoms with Crippen LogP contribution in [0.5, 0.6) is 0 Å². The molecule has 0 radical (unpaired) electrons. The monoisotopic (exact) mass is 1410 g/mol. The molecule has 0 aromatic rings. The normalized spacial score (nSPS) is 14.9. The van der Waals surface area contributed by atoms with E-state index in [9.17, 15) is 43.2 Å². The molecule has 0 fully saturated rings. The van der Waals surface area contributed by atoms with E-state index in [1.165, 1.54) is 51.4 Å². The van der Waals surface area contributed by atoms with Crippen molar-refractivity contribution in [3.63, 3.8) is 0 Å². The molecule has 98 heavy (non-hydrogen) atoms. The van der Waals surface area contributed by atoms with Crippen LogP contribution in [0.3, 0.4) is 0 Å². The highest BCUT2D eigenvalue weighted by molar-refractivity contribution is 7.47. The minimum atomic E-state index is -5.02. The van der Waals surface area contributed by atoms with E-state index in [0.29, 0.717) is 25.7 Å². The predicted octanol–water partition coefficient (Wildman–Crippen LogP) is 20.9. The number of phosphoric acid groups is 2. The Balaban J connectivity index is 5.50. The highest BCUT2D eigenvalue weighted by Crippen LogP contribution is 2.45. The van der Waals surface area contributed by atoms with E-state index >= 15 is 0 Å². The lowest BCUT2D eigenvalue weighted by atomic mass is 10.0. The topological polar surface area (TPSA) is 237 Å². The second kappa shape index (κ2) is 70.1. The first-order valence-corrected chi connectivity index (χ1v) is 39.7. The molecular formula is C79H128O17P2. The molecule has 0 bridgehead atoms. The van der Waals surface area contributed by atoms with Crippen molar-refractivity contribution < 1.29 is 80.2 Å². The molecule has 19 heteroatoms. The largest absolute Gasteiger partial charge is 0.472 e. The maximum atomic E-state index is 13.1. The van der Waals surface area contributed by atoms with Gasteiger partial charge in [-0.15, -0.1) is 0 Å².